The monoisotopic (exact) mass is 422 g/mol. The third kappa shape index (κ3) is 6.14. The molecular formula is C13H15F9O5. The molecule has 0 saturated heterocycles. The first-order valence-electron chi connectivity index (χ1n) is 7.11. The van der Waals surface area contributed by atoms with Crippen molar-refractivity contribution in [2.24, 2.45) is 0 Å². The minimum absolute atomic E-state index is 0.681. The van der Waals surface area contributed by atoms with Crippen molar-refractivity contribution in [2.45, 2.75) is 62.8 Å². The number of rotatable bonds is 9. The maximum Gasteiger partial charge on any atom is 0.460 e. The van der Waals surface area contributed by atoms with Crippen molar-refractivity contribution in [2.75, 3.05) is 6.61 Å². The minimum atomic E-state index is -7.04. The molecular weight excluding hydrogens is 407 g/mol. The van der Waals surface area contributed by atoms with Gasteiger partial charge in [0.1, 0.15) is 0 Å². The molecule has 0 aromatic heterocycles. The lowest BCUT2D eigenvalue weighted by molar-refractivity contribution is -0.397. The highest BCUT2D eigenvalue weighted by Crippen LogP contribution is 2.53. The standard InChI is InChI=1S/C13H15F9O5/c1-6(2)27-9(25)7(23)5-8(24)26-4-3-10(14,15)11(16,17)12(18,19)13(20,21)22/h6-7,23H,3-5H2,1-2H3. The van der Waals surface area contributed by atoms with E-state index in [0.29, 0.717) is 0 Å². The van der Waals surface area contributed by atoms with Crippen LogP contribution in [0.5, 0.6) is 0 Å². The van der Waals surface area contributed by atoms with Crippen molar-refractivity contribution in [3.63, 3.8) is 0 Å². The summed E-state index contributed by atoms with van der Waals surface area (Å²) in [4.78, 5) is 22.4. The van der Waals surface area contributed by atoms with Gasteiger partial charge in [0.2, 0.25) is 0 Å². The second-order valence-corrected chi connectivity index (χ2v) is 5.53. The number of aliphatic hydroxyl groups excluding tert-OH is 1. The van der Waals surface area contributed by atoms with E-state index in [1.54, 1.807) is 0 Å². The average molecular weight is 422 g/mol. The van der Waals surface area contributed by atoms with E-state index in [2.05, 4.69) is 9.47 Å². The Hall–Kier alpha value is -1.73. The molecule has 1 atom stereocenters. The first kappa shape index (κ1) is 25.3. The van der Waals surface area contributed by atoms with E-state index in [1.165, 1.54) is 13.8 Å². The molecule has 0 aliphatic rings. The van der Waals surface area contributed by atoms with E-state index < -0.39 is 67.5 Å². The van der Waals surface area contributed by atoms with Crippen LogP contribution in [0.2, 0.25) is 0 Å². The second kappa shape index (κ2) is 8.52. The fourth-order valence-electron chi connectivity index (χ4n) is 1.47. The molecule has 0 aliphatic heterocycles. The largest absolute Gasteiger partial charge is 0.465 e. The van der Waals surface area contributed by atoms with Crippen molar-refractivity contribution in [3.8, 4) is 0 Å². The summed E-state index contributed by atoms with van der Waals surface area (Å²) in [6.45, 7) is 1.10. The van der Waals surface area contributed by atoms with Gasteiger partial charge in [-0.15, -0.1) is 0 Å². The van der Waals surface area contributed by atoms with Crippen molar-refractivity contribution >= 4 is 11.9 Å². The summed E-state index contributed by atoms with van der Waals surface area (Å²) >= 11 is 0. The number of alkyl halides is 9. The molecule has 0 heterocycles. The van der Waals surface area contributed by atoms with Gasteiger partial charge >= 0.3 is 35.9 Å². The van der Waals surface area contributed by atoms with Gasteiger partial charge in [-0.05, 0) is 13.8 Å². The van der Waals surface area contributed by atoms with Gasteiger partial charge in [0.15, 0.2) is 6.10 Å². The van der Waals surface area contributed by atoms with Crippen LogP contribution in [0.15, 0.2) is 0 Å². The van der Waals surface area contributed by atoms with E-state index in [-0.39, 0.29) is 0 Å². The topological polar surface area (TPSA) is 72.8 Å². The number of halogens is 9. The zero-order chi connectivity index (χ0) is 21.8. The summed E-state index contributed by atoms with van der Waals surface area (Å²) in [6, 6.07) is 0. The molecule has 0 bridgehead atoms. The van der Waals surface area contributed by atoms with Gasteiger partial charge < -0.3 is 14.6 Å². The van der Waals surface area contributed by atoms with Crippen LogP contribution in [0.1, 0.15) is 26.7 Å². The van der Waals surface area contributed by atoms with E-state index in [9.17, 15) is 54.2 Å². The Balaban J connectivity index is 4.79. The summed E-state index contributed by atoms with van der Waals surface area (Å²) in [6.07, 6.45) is -13.2. The zero-order valence-electron chi connectivity index (χ0n) is 13.8. The maximum absolute atomic E-state index is 13.2. The van der Waals surface area contributed by atoms with Gasteiger partial charge in [0.25, 0.3) is 0 Å². The van der Waals surface area contributed by atoms with Crippen LogP contribution in [-0.4, -0.2) is 59.8 Å². The predicted octanol–water partition coefficient (Wildman–Crippen LogP) is 3.09. The molecule has 14 heteroatoms. The van der Waals surface area contributed by atoms with E-state index in [4.69, 9.17) is 0 Å². The first-order valence-corrected chi connectivity index (χ1v) is 7.11. The first-order chi connectivity index (χ1) is 11.9. The van der Waals surface area contributed by atoms with E-state index in [1.807, 2.05) is 0 Å². The lowest BCUT2D eigenvalue weighted by atomic mass is 10.0. The molecule has 0 aromatic rings. The summed E-state index contributed by atoms with van der Waals surface area (Å²) in [5.74, 6) is -22.6. The number of esters is 2. The Morgan fingerprint density at radius 3 is 1.81 bits per heavy atom. The number of aliphatic hydroxyl groups is 1. The molecule has 0 radical (unpaired) electrons. The summed E-state index contributed by atoms with van der Waals surface area (Å²) in [7, 11) is 0. The molecule has 0 aromatic carbocycles. The normalized spacial score (nSPS) is 14.9. The fourth-order valence-corrected chi connectivity index (χ4v) is 1.47. The van der Waals surface area contributed by atoms with Gasteiger partial charge in [0, 0.05) is 0 Å². The molecule has 0 amide bonds. The van der Waals surface area contributed by atoms with Crippen LogP contribution in [0.3, 0.4) is 0 Å². The highest BCUT2D eigenvalue weighted by Gasteiger charge is 2.81. The molecule has 0 saturated carbocycles. The lowest BCUT2D eigenvalue weighted by Gasteiger charge is -2.33. The summed E-state index contributed by atoms with van der Waals surface area (Å²) < 4.78 is 122. The van der Waals surface area contributed by atoms with Crippen molar-refractivity contribution in [3.05, 3.63) is 0 Å². The Bertz CT molecular complexity index is 531. The molecule has 5 nitrogen and oxygen atoms in total. The van der Waals surface area contributed by atoms with Crippen molar-refractivity contribution < 1.29 is 63.7 Å². The molecule has 1 unspecified atom stereocenters. The molecule has 0 rings (SSSR count). The number of carbonyl (C=O) groups excluding carboxylic acids is 2. The van der Waals surface area contributed by atoms with Gasteiger partial charge in [-0.1, -0.05) is 0 Å². The SMILES string of the molecule is CC(C)OC(=O)C(O)CC(=O)OCCC(F)(F)C(F)(F)C(F)(F)C(F)(F)F. The molecule has 160 valence electrons. The summed E-state index contributed by atoms with van der Waals surface area (Å²) in [5, 5.41) is 9.25. The molecule has 0 fully saturated rings. The van der Waals surface area contributed by atoms with Crippen LogP contribution >= 0.6 is 0 Å². The number of ether oxygens (including phenoxy) is 2. The van der Waals surface area contributed by atoms with Gasteiger partial charge in [-0.3, -0.25) is 4.79 Å². The summed E-state index contributed by atoms with van der Waals surface area (Å²) in [5.41, 5.74) is 0. The van der Waals surface area contributed by atoms with E-state index >= 15 is 0 Å². The Labute approximate surface area is 146 Å². The maximum atomic E-state index is 13.2. The second-order valence-electron chi connectivity index (χ2n) is 5.53. The van der Waals surface area contributed by atoms with Crippen LogP contribution in [0.25, 0.3) is 0 Å². The van der Waals surface area contributed by atoms with Crippen LogP contribution in [-0.2, 0) is 19.1 Å². The van der Waals surface area contributed by atoms with Crippen molar-refractivity contribution in [1.82, 2.24) is 0 Å². The predicted molar refractivity (Wildman–Crippen MR) is 68.3 cm³/mol. The number of hydrogen-bond acceptors (Lipinski definition) is 5. The van der Waals surface area contributed by atoms with Crippen LogP contribution in [0, 0.1) is 0 Å². The van der Waals surface area contributed by atoms with Crippen molar-refractivity contribution in [1.29, 1.82) is 0 Å². The highest BCUT2D eigenvalue weighted by atomic mass is 19.4. The Morgan fingerprint density at radius 1 is 0.926 bits per heavy atom. The number of hydrogen-bond donors (Lipinski definition) is 1. The molecule has 1 N–H and O–H groups in total. The average Bonchev–Trinajstić information content (AvgIpc) is 2.44. The third-order valence-electron chi connectivity index (χ3n) is 2.87. The minimum Gasteiger partial charge on any atom is -0.465 e. The van der Waals surface area contributed by atoms with Crippen LogP contribution < -0.4 is 0 Å². The molecule has 0 spiro atoms. The zero-order valence-corrected chi connectivity index (χ0v) is 13.8. The van der Waals surface area contributed by atoms with Gasteiger partial charge in [-0.2, -0.15) is 39.5 Å². The smallest absolute Gasteiger partial charge is 0.460 e. The number of carbonyl (C=O) groups is 2. The third-order valence-corrected chi connectivity index (χ3v) is 2.87. The van der Waals surface area contributed by atoms with Gasteiger partial charge in [0.05, 0.1) is 25.6 Å². The Morgan fingerprint density at radius 2 is 1.41 bits per heavy atom. The fraction of sp³-hybridized carbons (Fsp3) is 0.846. The quantitative estimate of drug-likeness (QED) is 0.457. The molecule has 0 aliphatic carbocycles. The van der Waals surface area contributed by atoms with Crippen LogP contribution in [0.4, 0.5) is 39.5 Å². The van der Waals surface area contributed by atoms with Gasteiger partial charge in [-0.25, -0.2) is 4.79 Å². The Kier molecular flexibility index (Phi) is 7.98. The molecule has 27 heavy (non-hydrogen) atoms. The lowest BCUT2D eigenvalue weighted by Crippen LogP contribution is -2.61. The highest BCUT2D eigenvalue weighted by molar-refractivity contribution is 5.81. The van der Waals surface area contributed by atoms with E-state index in [0.717, 1.165) is 0 Å².